The van der Waals surface area contributed by atoms with E-state index in [4.69, 9.17) is 0 Å². The van der Waals surface area contributed by atoms with Crippen LogP contribution in [-0.4, -0.2) is 11.4 Å². The van der Waals surface area contributed by atoms with Gasteiger partial charge >= 0.3 is 19.5 Å². The molecule has 1 aromatic carbocycles. The van der Waals surface area contributed by atoms with Crippen molar-refractivity contribution >= 4 is 5.97 Å². The van der Waals surface area contributed by atoms with Gasteiger partial charge in [-0.15, -0.1) is 0 Å². The molecular formula is C7H6O3Zn. The molecule has 1 rings (SSSR count). The zero-order valence-electron chi connectivity index (χ0n) is 5.86. The first-order chi connectivity index (χ1) is 4.30. The van der Waals surface area contributed by atoms with Crippen LogP contribution in [-0.2, 0) is 19.5 Å². The summed E-state index contributed by atoms with van der Waals surface area (Å²) in [6.07, 6.45) is 0. The monoisotopic (exact) mass is 202 g/mol. The molecule has 0 aliphatic carbocycles. The normalized spacial score (nSPS) is 7.27. The molecule has 54 valence electrons. The Labute approximate surface area is 77.1 Å². The molecule has 11 heavy (non-hydrogen) atoms. The third-order valence-electron chi connectivity index (χ3n) is 1.01. The Balaban J connectivity index is 0. The van der Waals surface area contributed by atoms with Crippen molar-refractivity contribution in [2.75, 3.05) is 0 Å². The van der Waals surface area contributed by atoms with Gasteiger partial charge in [0.15, 0.2) is 0 Å². The third kappa shape index (κ3) is 3.86. The van der Waals surface area contributed by atoms with Gasteiger partial charge in [0.2, 0.25) is 0 Å². The van der Waals surface area contributed by atoms with Gasteiger partial charge in [-0.25, -0.2) is 0 Å². The van der Waals surface area contributed by atoms with E-state index >= 15 is 0 Å². The molecule has 0 fully saturated rings. The topological polar surface area (TPSA) is 70.1 Å². The maximum atomic E-state index is 10.1. The van der Waals surface area contributed by atoms with Gasteiger partial charge < -0.3 is 15.4 Å². The van der Waals surface area contributed by atoms with E-state index in [1.54, 1.807) is 18.2 Å². The van der Waals surface area contributed by atoms with E-state index in [2.05, 4.69) is 0 Å². The SMILES string of the molecule is O=C([O-])c1ccccc1.[OH-].[Zn+2]. The first-order valence-electron chi connectivity index (χ1n) is 2.57. The number of carbonyl (C=O) groups excluding carboxylic acids is 1. The molecule has 0 radical (unpaired) electrons. The van der Waals surface area contributed by atoms with Crippen LogP contribution in [0.2, 0.25) is 0 Å². The van der Waals surface area contributed by atoms with Gasteiger partial charge in [-0.3, -0.25) is 0 Å². The van der Waals surface area contributed by atoms with Crippen molar-refractivity contribution in [1.29, 1.82) is 0 Å². The Kier molecular flexibility index (Phi) is 7.06. The van der Waals surface area contributed by atoms with Crippen molar-refractivity contribution in [2.45, 2.75) is 0 Å². The van der Waals surface area contributed by atoms with E-state index < -0.39 is 5.97 Å². The summed E-state index contributed by atoms with van der Waals surface area (Å²) < 4.78 is 0. The Hall–Kier alpha value is -0.727. The van der Waals surface area contributed by atoms with Gasteiger partial charge in [-0.05, 0) is 5.56 Å². The van der Waals surface area contributed by atoms with Gasteiger partial charge in [0.05, 0.1) is 5.97 Å². The van der Waals surface area contributed by atoms with Crippen molar-refractivity contribution in [1.82, 2.24) is 0 Å². The van der Waals surface area contributed by atoms with E-state index in [0.29, 0.717) is 0 Å². The van der Waals surface area contributed by atoms with Gasteiger partial charge in [-0.2, -0.15) is 0 Å². The summed E-state index contributed by atoms with van der Waals surface area (Å²) in [5, 5.41) is 10.1. The number of aromatic carboxylic acids is 1. The summed E-state index contributed by atoms with van der Waals surface area (Å²) in [6.45, 7) is 0. The number of carbonyl (C=O) groups is 1. The summed E-state index contributed by atoms with van der Waals surface area (Å²) in [4.78, 5) is 10.1. The van der Waals surface area contributed by atoms with Gasteiger partial charge in [0.1, 0.15) is 0 Å². The smallest absolute Gasteiger partial charge is 0.870 e. The number of hydrogen-bond donors (Lipinski definition) is 0. The van der Waals surface area contributed by atoms with Gasteiger partial charge in [0.25, 0.3) is 0 Å². The van der Waals surface area contributed by atoms with Crippen molar-refractivity contribution in [3.05, 3.63) is 35.9 Å². The third-order valence-corrected chi connectivity index (χ3v) is 1.01. The van der Waals surface area contributed by atoms with Gasteiger partial charge in [-0.1, -0.05) is 30.3 Å². The maximum Gasteiger partial charge on any atom is 2.00 e. The quantitative estimate of drug-likeness (QED) is 0.597. The number of carboxylic acid groups (broad SMARTS) is 1. The molecule has 3 nitrogen and oxygen atoms in total. The van der Waals surface area contributed by atoms with Crippen LogP contribution in [0, 0.1) is 0 Å². The minimum atomic E-state index is -1.13. The molecule has 0 saturated carbocycles. The van der Waals surface area contributed by atoms with Crippen molar-refractivity contribution in [3.8, 4) is 0 Å². The fourth-order valence-corrected chi connectivity index (χ4v) is 0.574. The van der Waals surface area contributed by atoms with Crippen LogP contribution >= 0.6 is 0 Å². The second-order valence-corrected chi connectivity index (χ2v) is 1.65. The molecule has 4 heteroatoms. The second-order valence-electron chi connectivity index (χ2n) is 1.65. The van der Waals surface area contributed by atoms with Crippen LogP contribution in [0.3, 0.4) is 0 Å². The minimum absolute atomic E-state index is 0. The average molecular weight is 204 g/mol. The molecular weight excluding hydrogens is 197 g/mol. The zero-order chi connectivity index (χ0) is 6.69. The second kappa shape index (κ2) is 6.01. The van der Waals surface area contributed by atoms with Crippen molar-refractivity contribution < 1.29 is 34.9 Å². The standard InChI is InChI=1S/C7H6O2.H2O.Zn/c8-7(9)6-4-2-1-3-5-6;;/h1-5H,(H,8,9);1H2;/q;;+2/p-2. The Morgan fingerprint density at radius 2 is 1.64 bits per heavy atom. The van der Waals surface area contributed by atoms with Crippen LogP contribution in [0.15, 0.2) is 30.3 Å². The molecule has 1 aromatic rings. The van der Waals surface area contributed by atoms with Crippen LogP contribution < -0.4 is 5.11 Å². The van der Waals surface area contributed by atoms with E-state index in [-0.39, 0.29) is 30.5 Å². The summed E-state index contributed by atoms with van der Waals surface area (Å²) in [7, 11) is 0. The van der Waals surface area contributed by atoms with Crippen LogP contribution in [0.1, 0.15) is 10.4 Å². The predicted molar refractivity (Wildman–Crippen MR) is 32.7 cm³/mol. The molecule has 0 spiro atoms. The van der Waals surface area contributed by atoms with Crippen LogP contribution in [0.5, 0.6) is 0 Å². The number of carboxylic acids is 1. The fraction of sp³-hybridized carbons (Fsp3) is 0. The molecule has 1 N–H and O–H groups in total. The van der Waals surface area contributed by atoms with Crippen LogP contribution in [0.4, 0.5) is 0 Å². The minimum Gasteiger partial charge on any atom is -0.870 e. The number of benzene rings is 1. The van der Waals surface area contributed by atoms with E-state index in [1.165, 1.54) is 12.1 Å². The van der Waals surface area contributed by atoms with Gasteiger partial charge in [0, 0.05) is 0 Å². The summed E-state index contributed by atoms with van der Waals surface area (Å²) in [5.41, 5.74) is 0.220. The van der Waals surface area contributed by atoms with E-state index in [0.717, 1.165) is 0 Å². The molecule has 0 amide bonds. The van der Waals surface area contributed by atoms with Crippen LogP contribution in [0.25, 0.3) is 0 Å². The zero-order valence-corrected chi connectivity index (χ0v) is 8.82. The molecule has 0 aromatic heterocycles. The molecule has 0 unspecified atom stereocenters. The summed E-state index contributed by atoms with van der Waals surface area (Å²) in [5.74, 6) is -1.13. The Bertz CT molecular complexity index is 210. The molecule has 0 saturated heterocycles. The number of rotatable bonds is 1. The Morgan fingerprint density at radius 3 is 1.91 bits per heavy atom. The van der Waals surface area contributed by atoms with Crippen molar-refractivity contribution in [2.24, 2.45) is 0 Å². The molecule has 0 atom stereocenters. The molecule has 0 aliphatic rings. The molecule has 0 aliphatic heterocycles. The van der Waals surface area contributed by atoms with E-state index in [9.17, 15) is 9.90 Å². The summed E-state index contributed by atoms with van der Waals surface area (Å²) >= 11 is 0. The van der Waals surface area contributed by atoms with E-state index in [1.807, 2.05) is 0 Å². The first kappa shape index (κ1) is 12.9. The average Bonchev–Trinajstić information content (AvgIpc) is 1.90. The summed E-state index contributed by atoms with van der Waals surface area (Å²) in [6, 6.07) is 8.06. The predicted octanol–water partition coefficient (Wildman–Crippen LogP) is -0.129. The van der Waals surface area contributed by atoms with Crippen molar-refractivity contribution in [3.63, 3.8) is 0 Å². The molecule has 0 heterocycles. The molecule has 0 bridgehead atoms. The number of hydrogen-bond acceptors (Lipinski definition) is 3. The maximum absolute atomic E-state index is 10.1. The fourth-order valence-electron chi connectivity index (χ4n) is 0.574. The first-order valence-corrected chi connectivity index (χ1v) is 2.57. The largest absolute Gasteiger partial charge is 2.00 e. The Morgan fingerprint density at radius 1 is 1.18 bits per heavy atom.